The Morgan fingerprint density at radius 1 is 1.32 bits per heavy atom. The van der Waals surface area contributed by atoms with Crippen LogP contribution in [-0.4, -0.2) is 22.5 Å². The van der Waals surface area contributed by atoms with Gasteiger partial charge in [0.25, 0.3) is 0 Å². The van der Waals surface area contributed by atoms with E-state index >= 15 is 0 Å². The Kier molecular flexibility index (Phi) is 3.82. The second-order valence-corrected chi connectivity index (χ2v) is 5.96. The number of carboxylic acids is 1. The summed E-state index contributed by atoms with van der Waals surface area (Å²) in [7, 11) is 0. The van der Waals surface area contributed by atoms with Gasteiger partial charge in [0.05, 0.1) is 5.97 Å². The smallest absolute Gasteiger partial charge is 0.237 e. The molecule has 112 valence electrons. The van der Waals surface area contributed by atoms with Gasteiger partial charge >= 0.3 is 0 Å². The highest BCUT2D eigenvalue weighted by Gasteiger charge is 2.19. The Morgan fingerprint density at radius 3 is 2.73 bits per heavy atom. The summed E-state index contributed by atoms with van der Waals surface area (Å²) >= 11 is 1.50. The summed E-state index contributed by atoms with van der Waals surface area (Å²) in [5.41, 5.74) is 1.76. The van der Waals surface area contributed by atoms with Gasteiger partial charge in [0.2, 0.25) is 5.82 Å². The van der Waals surface area contributed by atoms with Crippen molar-refractivity contribution in [2.24, 2.45) is 0 Å². The Bertz CT molecular complexity index is 846. The average molecular weight is 317 g/mol. The monoisotopic (exact) mass is 317 g/mol. The lowest BCUT2D eigenvalue weighted by atomic mass is 10.0. The van der Waals surface area contributed by atoms with Crippen molar-refractivity contribution < 1.29 is 19.6 Å². The molecule has 0 saturated carbocycles. The van der Waals surface area contributed by atoms with E-state index in [1.807, 2.05) is 6.92 Å². The first-order chi connectivity index (χ1) is 10.6. The molecule has 1 aromatic carbocycles. The number of hydrogen-bond donors (Lipinski definition) is 1. The normalized spacial score (nSPS) is 11.0. The second-order valence-electron chi connectivity index (χ2n) is 4.76. The molecule has 0 aliphatic carbocycles. The van der Waals surface area contributed by atoms with Gasteiger partial charge in [-0.2, -0.15) is 4.98 Å². The average Bonchev–Trinajstić information content (AvgIpc) is 2.82. The Hall–Kier alpha value is -2.38. The summed E-state index contributed by atoms with van der Waals surface area (Å²) < 4.78 is 13.1. The predicted octanol–water partition coefficient (Wildman–Crippen LogP) is 0.751. The number of thiophene rings is 1. The van der Waals surface area contributed by atoms with E-state index in [1.54, 1.807) is 12.1 Å². The minimum Gasteiger partial charge on any atom is -0.544 e. The first kappa shape index (κ1) is 14.6. The number of aliphatic carboxylic acids is 1. The lowest BCUT2D eigenvalue weighted by Crippen LogP contribution is -2.81. The molecule has 7 heteroatoms. The third-order valence-electron chi connectivity index (χ3n) is 3.29. The standard InChI is InChI=1S/C15H12FN3O2S/c1-8-12(9-2-4-10(16)5-3-9)13-14(17-6-11(20)21)18-7-19-15(13)22-8/h2-5,7H,6H2,1H3,(H,20,21)(H,17,18,19). The van der Waals surface area contributed by atoms with Crippen LogP contribution in [0.3, 0.4) is 0 Å². The zero-order valence-corrected chi connectivity index (χ0v) is 12.5. The highest BCUT2D eigenvalue weighted by atomic mass is 32.1. The van der Waals surface area contributed by atoms with Crippen LogP contribution in [0.15, 0.2) is 30.6 Å². The van der Waals surface area contributed by atoms with Gasteiger partial charge in [0, 0.05) is 10.4 Å². The maximum Gasteiger partial charge on any atom is 0.237 e. The van der Waals surface area contributed by atoms with Crippen LogP contribution in [0.4, 0.5) is 10.2 Å². The molecule has 0 radical (unpaired) electrons. The van der Waals surface area contributed by atoms with Crippen molar-refractivity contribution in [2.45, 2.75) is 6.92 Å². The quantitative estimate of drug-likeness (QED) is 0.770. The molecule has 0 aliphatic rings. The highest BCUT2D eigenvalue weighted by molar-refractivity contribution is 7.19. The number of carbonyl (C=O) groups excluding carboxylic acids is 1. The summed E-state index contributed by atoms with van der Waals surface area (Å²) in [6.45, 7) is 1.73. The van der Waals surface area contributed by atoms with Gasteiger partial charge in [-0.3, -0.25) is 5.32 Å². The van der Waals surface area contributed by atoms with Crippen LogP contribution in [0.25, 0.3) is 21.3 Å². The van der Waals surface area contributed by atoms with Crippen LogP contribution < -0.4 is 10.4 Å². The van der Waals surface area contributed by atoms with Gasteiger partial charge in [-0.15, -0.1) is 11.3 Å². The molecule has 5 nitrogen and oxygen atoms in total. The number of fused-ring (bicyclic) bond motifs is 1. The van der Waals surface area contributed by atoms with E-state index in [0.717, 1.165) is 26.2 Å². The van der Waals surface area contributed by atoms with Crippen molar-refractivity contribution in [3.05, 3.63) is 41.3 Å². The molecule has 2 aromatic heterocycles. The van der Waals surface area contributed by atoms with Gasteiger partial charge in [-0.1, -0.05) is 12.1 Å². The largest absolute Gasteiger partial charge is 0.544 e. The Balaban J connectivity index is 2.18. The van der Waals surface area contributed by atoms with Crippen molar-refractivity contribution >= 4 is 33.3 Å². The van der Waals surface area contributed by atoms with E-state index < -0.39 is 5.97 Å². The third kappa shape index (κ3) is 2.68. The number of carboxylic acid groups (broad SMARTS) is 1. The summed E-state index contributed by atoms with van der Waals surface area (Å²) in [5.74, 6) is -0.916. The lowest BCUT2D eigenvalue weighted by Gasteiger charge is -2.05. The SMILES string of the molecule is Cc1sc2ncnc([NH2+]CC(=O)[O-])c2c1-c1ccc(F)cc1. The van der Waals surface area contributed by atoms with Crippen molar-refractivity contribution in [1.82, 2.24) is 9.97 Å². The summed E-state index contributed by atoms with van der Waals surface area (Å²) in [6, 6.07) is 6.18. The molecule has 3 aromatic rings. The van der Waals surface area contributed by atoms with Crippen LogP contribution in [0.1, 0.15) is 4.88 Å². The van der Waals surface area contributed by atoms with E-state index in [9.17, 15) is 14.3 Å². The Morgan fingerprint density at radius 2 is 2.05 bits per heavy atom. The van der Waals surface area contributed by atoms with Crippen LogP contribution >= 0.6 is 11.3 Å². The summed E-state index contributed by atoms with van der Waals surface area (Å²) in [5, 5.41) is 13.0. The van der Waals surface area contributed by atoms with Crippen molar-refractivity contribution in [3.63, 3.8) is 0 Å². The maximum absolute atomic E-state index is 13.1. The topological polar surface area (TPSA) is 82.5 Å². The number of carbonyl (C=O) groups is 1. The van der Waals surface area contributed by atoms with Crippen molar-refractivity contribution in [3.8, 4) is 11.1 Å². The second kappa shape index (κ2) is 5.78. The first-order valence-corrected chi connectivity index (χ1v) is 7.41. The fourth-order valence-corrected chi connectivity index (χ4v) is 3.39. The number of aromatic nitrogens is 2. The number of rotatable bonds is 4. The zero-order valence-electron chi connectivity index (χ0n) is 11.7. The number of nitrogens with two attached hydrogens (primary N) is 1. The van der Waals surface area contributed by atoms with Gasteiger partial charge in [0.15, 0.2) is 0 Å². The molecular formula is C15H12FN3O2S. The van der Waals surface area contributed by atoms with Crippen LogP contribution in [0.2, 0.25) is 0 Å². The Labute approximate surface area is 129 Å². The number of halogens is 1. The lowest BCUT2D eigenvalue weighted by molar-refractivity contribution is -0.571. The molecule has 0 aliphatic heterocycles. The molecule has 2 heterocycles. The first-order valence-electron chi connectivity index (χ1n) is 6.59. The molecule has 0 saturated heterocycles. The molecule has 2 N–H and O–H groups in total. The van der Waals surface area contributed by atoms with E-state index in [1.165, 1.54) is 35.1 Å². The predicted molar refractivity (Wildman–Crippen MR) is 79.0 cm³/mol. The molecule has 22 heavy (non-hydrogen) atoms. The van der Waals surface area contributed by atoms with E-state index in [4.69, 9.17) is 0 Å². The van der Waals surface area contributed by atoms with Gasteiger partial charge < -0.3 is 9.90 Å². The van der Waals surface area contributed by atoms with Crippen LogP contribution in [-0.2, 0) is 4.79 Å². The van der Waals surface area contributed by atoms with Crippen molar-refractivity contribution in [1.29, 1.82) is 0 Å². The number of benzene rings is 1. The van der Waals surface area contributed by atoms with E-state index in [0.29, 0.717) is 5.82 Å². The molecule has 0 bridgehead atoms. The third-order valence-corrected chi connectivity index (χ3v) is 4.30. The highest BCUT2D eigenvalue weighted by Crippen LogP contribution is 2.39. The van der Waals surface area contributed by atoms with E-state index in [-0.39, 0.29) is 12.4 Å². The van der Waals surface area contributed by atoms with Gasteiger partial charge in [-0.25, -0.2) is 9.37 Å². The zero-order chi connectivity index (χ0) is 15.7. The molecule has 3 rings (SSSR count). The molecular weight excluding hydrogens is 305 g/mol. The minimum absolute atomic E-state index is 0.218. The molecule has 0 fully saturated rings. The molecule has 0 unspecified atom stereocenters. The van der Waals surface area contributed by atoms with Crippen LogP contribution in [0, 0.1) is 12.7 Å². The number of quaternary nitrogens is 1. The number of hydrogen-bond acceptors (Lipinski definition) is 5. The minimum atomic E-state index is -1.16. The van der Waals surface area contributed by atoms with Crippen molar-refractivity contribution in [2.75, 3.05) is 6.54 Å². The van der Waals surface area contributed by atoms with Crippen LogP contribution in [0.5, 0.6) is 0 Å². The molecule has 0 amide bonds. The molecule has 0 spiro atoms. The number of nitrogens with zero attached hydrogens (tertiary/aromatic N) is 2. The summed E-state index contributed by atoms with van der Waals surface area (Å²) in [6.07, 6.45) is 1.41. The fraction of sp³-hybridized carbons (Fsp3) is 0.133. The fourth-order valence-electron chi connectivity index (χ4n) is 2.37. The molecule has 0 atom stereocenters. The number of aryl methyl sites for hydroxylation is 1. The van der Waals surface area contributed by atoms with Gasteiger partial charge in [0.1, 0.15) is 28.9 Å². The maximum atomic E-state index is 13.1. The summed E-state index contributed by atoms with van der Waals surface area (Å²) in [4.78, 5) is 20.9. The van der Waals surface area contributed by atoms with E-state index in [2.05, 4.69) is 9.97 Å². The van der Waals surface area contributed by atoms with Gasteiger partial charge in [-0.05, 0) is 24.6 Å².